The third kappa shape index (κ3) is 5.75. The lowest BCUT2D eigenvalue weighted by Crippen LogP contribution is -2.40. The van der Waals surface area contributed by atoms with Gasteiger partial charge in [-0.25, -0.2) is 14.4 Å². The van der Waals surface area contributed by atoms with Gasteiger partial charge in [0.05, 0.1) is 26.9 Å². The number of hydrogen-bond acceptors (Lipinski definition) is 5. The van der Waals surface area contributed by atoms with Crippen LogP contribution in [0.2, 0.25) is 10.0 Å². The molecule has 38 heavy (non-hydrogen) atoms. The number of amides is 1. The lowest BCUT2D eigenvalue weighted by Gasteiger charge is -2.32. The molecule has 7 nitrogen and oxygen atoms in total. The Morgan fingerprint density at radius 2 is 1.87 bits per heavy atom. The van der Waals surface area contributed by atoms with Crippen molar-refractivity contribution >= 4 is 34.9 Å². The van der Waals surface area contributed by atoms with E-state index in [0.717, 1.165) is 13.0 Å². The zero-order chi connectivity index (χ0) is 27.8. The van der Waals surface area contributed by atoms with E-state index in [-0.39, 0.29) is 5.56 Å². The molecule has 0 spiro atoms. The predicted octanol–water partition coefficient (Wildman–Crippen LogP) is 5.28. The monoisotopic (exact) mass is 575 g/mol. The van der Waals surface area contributed by atoms with Crippen molar-refractivity contribution in [3.05, 3.63) is 73.3 Å². The van der Waals surface area contributed by atoms with Crippen LogP contribution < -0.4 is 15.8 Å². The van der Waals surface area contributed by atoms with Gasteiger partial charge in [0.25, 0.3) is 5.56 Å². The summed E-state index contributed by atoms with van der Waals surface area (Å²) in [6.07, 6.45) is -2.65. The molecule has 2 aromatic heterocycles. The van der Waals surface area contributed by atoms with Gasteiger partial charge in [0.1, 0.15) is 17.5 Å². The molecule has 2 N–H and O–H groups in total. The van der Waals surface area contributed by atoms with Gasteiger partial charge in [-0.05, 0) is 31.9 Å². The molecule has 14 heteroatoms. The number of nitrogens with one attached hydrogen (secondary N) is 2. The number of nitrogens with zero attached hydrogens (tertiary/aromatic N) is 3. The van der Waals surface area contributed by atoms with Crippen molar-refractivity contribution in [2.45, 2.75) is 32.5 Å². The van der Waals surface area contributed by atoms with Crippen molar-refractivity contribution in [3.8, 4) is 11.4 Å². The average molecular weight is 576 g/mol. The van der Waals surface area contributed by atoms with Gasteiger partial charge in [-0.3, -0.25) is 9.59 Å². The number of benzene rings is 1. The minimum atomic E-state index is -4.99. The maximum Gasteiger partial charge on any atom is 0.417 e. The second-order valence-corrected chi connectivity index (χ2v) is 9.55. The first-order valence-electron chi connectivity index (χ1n) is 11.4. The van der Waals surface area contributed by atoms with Crippen molar-refractivity contribution in [3.63, 3.8) is 0 Å². The molecular weight excluding hydrogens is 556 g/mol. The molecule has 4 rings (SSSR count). The number of pyridine rings is 1. The summed E-state index contributed by atoms with van der Waals surface area (Å²) in [7, 11) is 0. The fourth-order valence-electron chi connectivity index (χ4n) is 4.23. The normalized spacial score (nSPS) is 14.6. The summed E-state index contributed by atoms with van der Waals surface area (Å²) in [6.45, 7) is 1.60. The second-order valence-electron chi connectivity index (χ2n) is 8.71. The Kier molecular flexibility index (Phi) is 7.93. The topological polar surface area (TPSA) is 91.0 Å². The van der Waals surface area contributed by atoms with Crippen LogP contribution in [0.5, 0.6) is 0 Å². The number of aromatic amines is 1. The van der Waals surface area contributed by atoms with E-state index in [1.807, 2.05) is 9.88 Å². The van der Waals surface area contributed by atoms with E-state index in [1.165, 1.54) is 6.20 Å². The minimum Gasteiger partial charge on any atom is -0.355 e. The quantitative estimate of drug-likeness (QED) is 0.404. The fraction of sp³-hybridized carbons (Fsp3) is 0.333. The van der Waals surface area contributed by atoms with E-state index >= 15 is 4.39 Å². The van der Waals surface area contributed by atoms with Crippen LogP contribution in [0.1, 0.15) is 29.7 Å². The number of hydrogen-bond donors (Lipinski definition) is 2. The lowest BCUT2D eigenvalue weighted by atomic mass is 9.95. The number of halogens is 7. The molecule has 3 heterocycles. The minimum absolute atomic E-state index is 0.263. The Labute approximate surface area is 223 Å². The molecule has 202 valence electrons. The van der Waals surface area contributed by atoms with Gasteiger partial charge in [0.15, 0.2) is 0 Å². The Morgan fingerprint density at radius 3 is 2.47 bits per heavy atom. The van der Waals surface area contributed by atoms with E-state index in [0.29, 0.717) is 47.9 Å². The Hall–Kier alpha value is -3.25. The SMILES string of the molecule is Cc1nc(-c2c(C(F)(F)F)ccc(CNC(=O)C3CCN(c4ncc(Cl)cc4Cl)CC3)c2F)[nH]c(=O)c1F. The molecule has 1 aliphatic heterocycles. The smallest absolute Gasteiger partial charge is 0.355 e. The lowest BCUT2D eigenvalue weighted by molar-refractivity contribution is -0.137. The van der Waals surface area contributed by atoms with E-state index in [2.05, 4.69) is 15.3 Å². The summed E-state index contributed by atoms with van der Waals surface area (Å²) in [5, 5.41) is 3.33. The number of carbonyl (C=O) groups is 1. The zero-order valence-electron chi connectivity index (χ0n) is 19.7. The molecule has 1 amide bonds. The van der Waals surface area contributed by atoms with Gasteiger partial charge in [0, 0.05) is 37.3 Å². The predicted molar refractivity (Wildman–Crippen MR) is 131 cm³/mol. The molecule has 0 radical (unpaired) electrons. The first kappa shape index (κ1) is 27.8. The van der Waals surface area contributed by atoms with Crippen LogP contribution in [-0.2, 0) is 17.5 Å². The van der Waals surface area contributed by atoms with E-state index in [4.69, 9.17) is 23.2 Å². The summed E-state index contributed by atoms with van der Waals surface area (Å²) in [5.41, 5.74) is -4.52. The van der Waals surface area contributed by atoms with Crippen LogP contribution in [0.25, 0.3) is 11.4 Å². The highest BCUT2D eigenvalue weighted by Crippen LogP contribution is 2.38. The number of piperidine rings is 1. The molecule has 0 bridgehead atoms. The highest BCUT2D eigenvalue weighted by Gasteiger charge is 2.37. The first-order chi connectivity index (χ1) is 17.9. The molecule has 1 aromatic carbocycles. The molecular formula is C24H20Cl2F5N5O2. The van der Waals surface area contributed by atoms with Crippen LogP contribution in [0, 0.1) is 24.5 Å². The fourth-order valence-corrected chi connectivity index (χ4v) is 4.73. The number of anilines is 1. The van der Waals surface area contributed by atoms with Gasteiger partial charge in [-0.1, -0.05) is 29.3 Å². The number of carbonyl (C=O) groups excluding carboxylic acids is 1. The number of aryl methyl sites for hydroxylation is 1. The van der Waals surface area contributed by atoms with Crippen LogP contribution in [-0.4, -0.2) is 33.9 Å². The van der Waals surface area contributed by atoms with Crippen molar-refractivity contribution in [2.24, 2.45) is 5.92 Å². The van der Waals surface area contributed by atoms with E-state index in [1.54, 1.807) is 6.07 Å². The van der Waals surface area contributed by atoms with Gasteiger partial charge >= 0.3 is 6.18 Å². The Bertz CT molecular complexity index is 1440. The first-order valence-corrected chi connectivity index (χ1v) is 12.1. The highest BCUT2D eigenvalue weighted by atomic mass is 35.5. The zero-order valence-corrected chi connectivity index (χ0v) is 21.2. The molecule has 0 unspecified atom stereocenters. The molecule has 0 saturated carbocycles. The third-order valence-corrected chi connectivity index (χ3v) is 6.68. The van der Waals surface area contributed by atoms with Crippen molar-refractivity contribution in [1.29, 1.82) is 0 Å². The summed E-state index contributed by atoms with van der Waals surface area (Å²) in [5.74, 6) is -3.68. The van der Waals surface area contributed by atoms with Gasteiger partial charge in [-0.15, -0.1) is 0 Å². The Balaban J connectivity index is 1.50. The third-order valence-electron chi connectivity index (χ3n) is 6.20. The molecule has 1 saturated heterocycles. The number of rotatable bonds is 5. The van der Waals surface area contributed by atoms with Gasteiger partial charge in [-0.2, -0.15) is 17.6 Å². The number of aromatic nitrogens is 3. The van der Waals surface area contributed by atoms with Crippen molar-refractivity contribution in [2.75, 3.05) is 18.0 Å². The van der Waals surface area contributed by atoms with Gasteiger partial charge < -0.3 is 15.2 Å². The summed E-state index contributed by atoms with van der Waals surface area (Å²) in [6, 6.07) is 3.09. The maximum absolute atomic E-state index is 15.4. The maximum atomic E-state index is 15.4. The summed E-state index contributed by atoms with van der Waals surface area (Å²) >= 11 is 12.1. The average Bonchev–Trinajstić information content (AvgIpc) is 2.85. The largest absolute Gasteiger partial charge is 0.417 e. The molecule has 0 aliphatic carbocycles. The van der Waals surface area contributed by atoms with Gasteiger partial charge in [0.2, 0.25) is 11.7 Å². The highest BCUT2D eigenvalue weighted by molar-refractivity contribution is 6.36. The van der Waals surface area contributed by atoms with Crippen molar-refractivity contribution in [1.82, 2.24) is 20.3 Å². The second kappa shape index (κ2) is 10.9. The Morgan fingerprint density at radius 1 is 1.18 bits per heavy atom. The van der Waals surface area contributed by atoms with Crippen LogP contribution in [0.4, 0.5) is 27.8 Å². The van der Waals surface area contributed by atoms with Crippen molar-refractivity contribution < 1.29 is 26.7 Å². The summed E-state index contributed by atoms with van der Waals surface area (Å²) in [4.78, 5) is 36.1. The molecule has 3 aromatic rings. The summed E-state index contributed by atoms with van der Waals surface area (Å²) < 4.78 is 69.9. The molecule has 1 aliphatic rings. The number of H-pyrrole nitrogens is 1. The van der Waals surface area contributed by atoms with E-state index < -0.39 is 64.4 Å². The van der Waals surface area contributed by atoms with Crippen LogP contribution in [0.15, 0.2) is 29.2 Å². The van der Waals surface area contributed by atoms with E-state index in [9.17, 15) is 27.2 Å². The standard InChI is InChI=1S/C24H20Cl2F5N5O2/c1-11-18(27)23(38)35-20(34-11)17-15(24(29,30)31)3-2-13(19(17)28)9-33-22(37)12-4-6-36(7-5-12)21-16(26)8-14(25)10-32-21/h2-3,8,10,12H,4-7,9H2,1H3,(H,33,37)(H,34,35,38). The molecule has 1 fully saturated rings. The number of alkyl halides is 3. The van der Waals surface area contributed by atoms with Crippen LogP contribution in [0.3, 0.4) is 0 Å². The van der Waals surface area contributed by atoms with Crippen LogP contribution >= 0.6 is 23.2 Å². The molecule has 0 atom stereocenters.